The number of hydrogen-bond acceptors (Lipinski definition) is 3. The smallest absolute Gasteiger partial charge is 0.156 e. The predicted octanol–water partition coefficient (Wildman–Crippen LogP) is 4.65. The summed E-state index contributed by atoms with van der Waals surface area (Å²) in [5.41, 5.74) is 2.62. The Labute approximate surface area is 317 Å². The van der Waals surface area contributed by atoms with Gasteiger partial charge < -0.3 is 39.2 Å². The molecular formula is C24H18N2OPr4-4. The van der Waals surface area contributed by atoms with Crippen molar-refractivity contribution in [1.29, 1.82) is 0 Å². The van der Waals surface area contributed by atoms with E-state index in [4.69, 9.17) is 0 Å². The summed E-state index contributed by atoms with van der Waals surface area (Å²) < 4.78 is 0. The molecule has 1 aliphatic heterocycles. The number of hydrogen-bond donors (Lipinski definition) is 1. The summed E-state index contributed by atoms with van der Waals surface area (Å²) in [5, 5.41) is 10.9. The zero-order chi connectivity index (χ0) is 18.5. The first-order valence-electron chi connectivity index (χ1n) is 8.81. The number of aliphatic hydroxyl groups excluding tert-OH is 1. The zero-order valence-electron chi connectivity index (χ0n) is 17.1. The molecule has 1 saturated heterocycles. The van der Waals surface area contributed by atoms with E-state index in [2.05, 4.69) is 24.3 Å². The molecule has 7 heteroatoms. The van der Waals surface area contributed by atoms with Gasteiger partial charge in [0.05, 0.1) is 0 Å². The minimum atomic E-state index is 0. The maximum Gasteiger partial charge on any atom is 0.156 e. The van der Waals surface area contributed by atoms with Gasteiger partial charge in [0.15, 0.2) is 5.76 Å². The fourth-order valence-electron chi connectivity index (χ4n) is 3.08. The van der Waals surface area contributed by atoms with Crippen molar-refractivity contribution < 1.29 is 170 Å². The molecule has 1 heterocycles. The number of allylic oxidation sites excluding steroid dienone is 1. The average Bonchev–Trinajstić information content (AvgIpc) is 3.19. The molecule has 146 valence electrons. The van der Waals surface area contributed by atoms with Crippen molar-refractivity contribution in [3.8, 4) is 0 Å². The molecule has 0 aliphatic carbocycles. The van der Waals surface area contributed by atoms with Crippen LogP contribution in [0.1, 0.15) is 5.56 Å². The van der Waals surface area contributed by atoms with Crippen LogP contribution in [0.4, 0.5) is 11.4 Å². The van der Waals surface area contributed by atoms with Gasteiger partial charge >= 0.3 is 0 Å². The second kappa shape index (κ2) is 17.4. The average molecular weight is 914 g/mol. The predicted molar refractivity (Wildman–Crippen MR) is 108 cm³/mol. The summed E-state index contributed by atoms with van der Waals surface area (Å²) >= 11 is 0. The quantitative estimate of drug-likeness (QED) is 0.306. The molecule has 0 saturated carbocycles. The van der Waals surface area contributed by atoms with E-state index in [-0.39, 0.29) is 171 Å². The zero-order valence-corrected chi connectivity index (χ0v) is 31.9. The van der Waals surface area contributed by atoms with Gasteiger partial charge in [-0.2, -0.15) is 0 Å². The second-order valence-electron chi connectivity index (χ2n) is 6.08. The molecule has 1 aliphatic rings. The van der Waals surface area contributed by atoms with Crippen molar-refractivity contribution in [2.24, 2.45) is 0 Å². The van der Waals surface area contributed by atoms with E-state index in [0.29, 0.717) is 18.9 Å². The van der Waals surface area contributed by atoms with E-state index in [9.17, 15) is 5.11 Å². The van der Waals surface area contributed by atoms with Crippen molar-refractivity contribution >= 4 is 17.5 Å². The topological polar surface area (TPSA) is 26.7 Å². The number of para-hydroxylation sites is 2. The molecule has 4 radical (unpaired) electrons. The number of rotatable bonds is 4. The van der Waals surface area contributed by atoms with Crippen LogP contribution in [0.15, 0.2) is 84.4 Å². The Kier molecular flexibility index (Phi) is 18.5. The molecule has 1 fully saturated rings. The van der Waals surface area contributed by atoms with Gasteiger partial charge in [-0.25, -0.2) is 11.4 Å². The van der Waals surface area contributed by atoms with Crippen LogP contribution in [0.2, 0.25) is 0 Å². The summed E-state index contributed by atoms with van der Waals surface area (Å²) in [7, 11) is 0. The molecule has 3 aromatic carbocycles. The van der Waals surface area contributed by atoms with E-state index in [0.717, 1.165) is 16.9 Å². The Hall–Kier alpha value is 1.99. The van der Waals surface area contributed by atoms with Crippen molar-refractivity contribution in [3.05, 3.63) is 114 Å². The van der Waals surface area contributed by atoms with Gasteiger partial charge in [0.1, 0.15) is 5.82 Å². The third-order valence-corrected chi connectivity index (χ3v) is 4.33. The number of benzene rings is 3. The van der Waals surface area contributed by atoms with Gasteiger partial charge in [0, 0.05) is 178 Å². The van der Waals surface area contributed by atoms with Gasteiger partial charge in [-0.05, 0) is 11.6 Å². The number of nitrogens with zero attached hydrogens (tertiary/aromatic N) is 2. The Morgan fingerprint density at radius 1 is 0.710 bits per heavy atom. The third-order valence-electron chi connectivity index (χ3n) is 4.33. The minimum absolute atomic E-state index is 0. The normalized spacial score (nSPS) is 12.3. The molecule has 31 heavy (non-hydrogen) atoms. The maximum atomic E-state index is 10.9. The summed E-state index contributed by atoms with van der Waals surface area (Å²) in [4.78, 5) is 4.03. The van der Waals surface area contributed by atoms with Gasteiger partial charge in [0.25, 0.3) is 0 Å². The monoisotopic (exact) mass is 914 g/mol. The van der Waals surface area contributed by atoms with E-state index in [1.807, 2.05) is 82.6 Å². The van der Waals surface area contributed by atoms with Gasteiger partial charge in [0.2, 0.25) is 0 Å². The fraction of sp³-hybridized carbons (Fsp3) is 0.0833. The molecule has 0 atom stereocenters. The van der Waals surface area contributed by atoms with Crippen LogP contribution in [-0.2, 0) is 0 Å². The first-order chi connectivity index (χ1) is 13.3. The van der Waals surface area contributed by atoms with Crippen LogP contribution in [-0.4, -0.2) is 18.2 Å². The summed E-state index contributed by atoms with van der Waals surface area (Å²) in [6, 6.07) is 33.9. The first kappa shape index (κ1) is 33.0. The number of aliphatic hydroxyl groups is 1. The van der Waals surface area contributed by atoms with Crippen molar-refractivity contribution in [1.82, 2.24) is 0 Å². The van der Waals surface area contributed by atoms with Gasteiger partial charge in [-0.3, -0.25) is 36.4 Å². The van der Waals surface area contributed by atoms with Crippen LogP contribution < -0.4 is 9.80 Å². The number of anilines is 2. The van der Waals surface area contributed by atoms with Gasteiger partial charge in [-0.1, -0.05) is 36.4 Å². The Balaban J connectivity index is 0.00000225. The Bertz CT molecular complexity index is 902. The van der Waals surface area contributed by atoms with E-state index in [1.54, 1.807) is 6.08 Å². The van der Waals surface area contributed by atoms with Gasteiger partial charge in [-0.15, -0.1) is 0 Å². The summed E-state index contributed by atoms with van der Waals surface area (Å²) in [5.74, 6) is 0.854. The molecule has 1 N–H and O–H groups in total. The summed E-state index contributed by atoms with van der Waals surface area (Å²) in [6.45, 7) is 1.43. The van der Waals surface area contributed by atoms with Crippen molar-refractivity contribution in [2.75, 3.05) is 22.9 Å². The molecule has 0 aromatic heterocycles. The SMILES string of the molecule is OC(/C=C/c1ccccc1)=C1N(c2[c-]ccc[c-]2)CCN1c1[c-]ccc[c-]1.[Pr].[Pr].[Pr].[Pr]. The van der Waals surface area contributed by atoms with Crippen LogP contribution in [0.5, 0.6) is 0 Å². The van der Waals surface area contributed by atoms with Crippen LogP contribution in [0, 0.1) is 189 Å². The molecule has 3 aromatic rings. The largest absolute Gasteiger partial charge is 0.504 e. The van der Waals surface area contributed by atoms with Crippen molar-refractivity contribution in [2.45, 2.75) is 0 Å². The molecule has 0 unspecified atom stereocenters. The van der Waals surface area contributed by atoms with Crippen LogP contribution >= 0.6 is 0 Å². The first-order valence-corrected chi connectivity index (χ1v) is 8.81. The van der Waals surface area contributed by atoms with E-state index in [1.165, 1.54) is 0 Å². The fourth-order valence-corrected chi connectivity index (χ4v) is 3.08. The third kappa shape index (κ3) is 9.18. The molecule has 3 nitrogen and oxygen atoms in total. The van der Waals surface area contributed by atoms with Crippen LogP contribution in [0.3, 0.4) is 0 Å². The second-order valence-corrected chi connectivity index (χ2v) is 6.08. The van der Waals surface area contributed by atoms with E-state index >= 15 is 0 Å². The summed E-state index contributed by atoms with van der Waals surface area (Å²) in [6.07, 6.45) is 3.62. The van der Waals surface area contributed by atoms with Crippen molar-refractivity contribution in [3.63, 3.8) is 0 Å². The molecule has 0 bridgehead atoms. The minimum Gasteiger partial charge on any atom is -0.504 e. The maximum absolute atomic E-state index is 10.9. The van der Waals surface area contributed by atoms with E-state index < -0.39 is 0 Å². The molecule has 0 spiro atoms. The molecule has 0 amide bonds. The Morgan fingerprint density at radius 3 is 1.61 bits per heavy atom. The molecular weight excluding hydrogens is 896 g/mol. The van der Waals surface area contributed by atoms with Crippen LogP contribution in [0.25, 0.3) is 6.08 Å². The molecule has 4 rings (SSSR count). The standard InChI is InChI=1S/C24H18N2O.4Pr/c27-23(17-16-20-10-4-1-5-11-20)24-25(21-12-6-2-7-13-21)18-19-26(24)22-14-8-3-9-15-22;;;;/h1-11,16-17,27H,18-19H2;;;;/q-4;;;;/b17-16+;;;;. The Morgan fingerprint density at radius 2 is 1.16 bits per heavy atom.